The van der Waals surface area contributed by atoms with Crippen LogP contribution in [-0.2, 0) is 0 Å². The molecule has 0 bridgehead atoms. The van der Waals surface area contributed by atoms with Crippen LogP contribution >= 0.6 is 0 Å². The quantitative estimate of drug-likeness (QED) is 0.720. The lowest BCUT2D eigenvalue weighted by molar-refractivity contribution is 0.276. The van der Waals surface area contributed by atoms with E-state index in [1.807, 2.05) is 42.5 Å². The molecule has 0 heterocycles. The van der Waals surface area contributed by atoms with Gasteiger partial charge >= 0.3 is 0 Å². The van der Waals surface area contributed by atoms with E-state index in [4.69, 9.17) is 10.5 Å². The Hall–Kier alpha value is -2.20. The van der Waals surface area contributed by atoms with Crippen molar-refractivity contribution in [3.63, 3.8) is 0 Å². The first-order valence-corrected chi connectivity index (χ1v) is 6.10. The third-order valence-corrected chi connectivity index (χ3v) is 2.89. The van der Waals surface area contributed by atoms with Gasteiger partial charge in [0, 0.05) is 23.5 Å². The first kappa shape index (κ1) is 13.2. The van der Waals surface area contributed by atoms with E-state index in [0.717, 1.165) is 11.3 Å². The zero-order valence-corrected chi connectivity index (χ0v) is 10.8. The molecule has 0 aliphatic carbocycles. The Morgan fingerprint density at radius 1 is 1.21 bits per heavy atom. The summed E-state index contributed by atoms with van der Waals surface area (Å²) in [6.45, 7) is 0.00112. The van der Waals surface area contributed by atoms with Crippen molar-refractivity contribution in [3.05, 3.63) is 54.1 Å². The standard InChI is InChI=1S/C15H18N2O2/c1-19-14-8-12(16)7-13(9-14)17-15(10-18)11-5-3-2-4-6-11/h2-9,15,17-18H,10,16H2,1H3. The molecule has 2 rings (SSSR count). The molecule has 0 saturated heterocycles. The summed E-state index contributed by atoms with van der Waals surface area (Å²) in [5.74, 6) is 0.687. The summed E-state index contributed by atoms with van der Waals surface area (Å²) in [5.41, 5.74) is 8.26. The summed E-state index contributed by atoms with van der Waals surface area (Å²) in [7, 11) is 1.60. The number of aliphatic hydroxyl groups is 1. The average molecular weight is 258 g/mol. The van der Waals surface area contributed by atoms with Gasteiger partial charge in [0.2, 0.25) is 0 Å². The molecule has 4 N–H and O–H groups in total. The topological polar surface area (TPSA) is 67.5 Å². The van der Waals surface area contributed by atoms with Crippen LogP contribution in [0.25, 0.3) is 0 Å². The summed E-state index contributed by atoms with van der Waals surface area (Å²) in [5, 5.41) is 12.8. The zero-order valence-electron chi connectivity index (χ0n) is 10.8. The molecular weight excluding hydrogens is 240 g/mol. The van der Waals surface area contributed by atoms with Gasteiger partial charge in [-0.1, -0.05) is 30.3 Å². The predicted octanol–water partition coefficient (Wildman–Crippen LogP) is 2.42. The largest absolute Gasteiger partial charge is 0.497 e. The van der Waals surface area contributed by atoms with Gasteiger partial charge in [-0.15, -0.1) is 0 Å². The third-order valence-electron chi connectivity index (χ3n) is 2.89. The van der Waals surface area contributed by atoms with Crippen LogP contribution < -0.4 is 15.8 Å². The second-order valence-electron chi connectivity index (χ2n) is 4.29. The van der Waals surface area contributed by atoms with Crippen molar-refractivity contribution in [2.45, 2.75) is 6.04 Å². The SMILES string of the molecule is COc1cc(N)cc(NC(CO)c2ccccc2)c1. The van der Waals surface area contributed by atoms with Gasteiger partial charge in [0.1, 0.15) is 5.75 Å². The summed E-state index contributed by atoms with van der Waals surface area (Å²) in [4.78, 5) is 0. The van der Waals surface area contributed by atoms with Gasteiger partial charge in [-0.2, -0.15) is 0 Å². The number of methoxy groups -OCH3 is 1. The van der Waals surface area contributed by atoms with E-state index >= 15 is 0 Å². The van der Waals surface area contributed by atoms with Crippen LogP contribution in [0.15, 0.2) is 48.5 Å². The highest BCUT2D eigenvalue weighted by atomic mass is 16.5. The molecule has 0 radical (unpaired) electrons. The number of anilines is 2. The molecule has 0 saturated carbocycles. The molecule has 4 nitrogen and oxygen atoms in total. The number of nitrogens with two attached hydrogens (primary N) is 1. The van der Waals surface area contributed by atoms with Crippen LogP contribution in [0.4, 0.5) is 11.4 Å². The fraction of sp³-hybridized carbons (Fsp3) is 0.200. The minimum absolute atomic E-state index is 0.00112. The molecule has 0 aliphatic rings. The summed E-state index contributed by atoms with van der Waals surface area (Å²) < 4.78 is 5.17. The van der Waals surface area contributed by atoms with E-state index in [9.17, 15) is 5.11 Å². The van der Waals surface area contributed by atoms with Crippen LogP contribution in [0.5, 0.6) is 5.75 Å². The van der Waals surface area contributed by atoms with Gasteiger partial charge < -0.3 is 20.9 Å². The van der Waals surface area contributed by atoms with Crippen molar-refractivity contribution in [2.75, 3.05) is 24.8 Å². The smallest absolute Gasteiger partial charge is 0.122 e. The number of aliphatic hydroxyl groups excluding tert-OH is 1. The van der Waals surface area contributed by atoms with Crippen LogP contribution in [-0.4, -0.2) is 18.8 Å². The minimum atomic E-state index is -0.173. The van der Waals surface area contributed by atoms with Crippen LogP contribution in [0.2, 0.25) is 0 Å². The van der Waals surface area contributed by atoms with Gasteiger partial charge in [0.25, 0.3) is 0 Å². The fourth-order valence-electron chi connectivity index (χ4n) is 1.94. The maximum atomic E-state index is 9.51. The third kappa shape index (κ3) is 3.39. The molecule has 100 valence electrons. The highest BCUT2D eigenvalue weighted by Gasteiger charge is 2.10. The van der Waals surface area contributed by atoms with Crippen molar-refractivity contribution < 1.29 is 9.84 Å². The first-order valence-electron chi connectivity index (χ1n) is 6.10. The Kier molecular flexibility index (Phi) is 4.26. The molecule has 0 fully saturated rings. The number of ether oxygens (including phenoxy) is 1. The molecule has 0 spiro atoms. The Morgan fingerprint density at radius 3 is 2.58 bits per heavy atom. The number of hydrogen-bond acceptors (Lipinski definition) is 4. The summed E-state index contributed by atoms with van der Waals surface area (Å²) in [6.07, 6.45) is 0. The highest BCUT2D eigenvalue weighted by Crippen LogP contribution is 2.25. The Morgan fingerprint density at radius 2 is 1.95 bits per heavy atom. The minimum Gasteiger partial charge on any atom is -0.497 e. The van der Waals surface area contributed by atoms with E-state index in [2.05, 4.69) is 5.32 Å². The molecule has 2 aromatic rings. The Bertz CT molecular complexity index is 529. The molecular formula is C15H18N2O2. The summed E-state index contributed by atoms with van der Waals surface area (Å²) >= 11 is 0. The summed E-state index contributed by atoms with van der Waals surface area (Å²) in [6, 6.07) is 15.0. The lowest BCUT2D eigenvalue weighted by atomic mass is 10.1. The molecule has 0 aliphatic heterocycles. The van der Waals surface area contributed by atoms with E-state index in [0.29, 0.717) is 11.4 Å². The number of benzene rings is 2. The molecule has 0 amide bonds. The first-order chi connectivity index (χ1) is 9.22. The fourth-order valence-corrected chi connectivity index (χ4v) is 1.94. The predicted molar refractivity (Wildman–Crippen MR) is 77.3 cm³/mol. The molecule has 1 unspecified atom stereocenters. The molecule has 1 atom stereocenters. The maximum Gasteiger partial charge on any atom is 0.122 e. The van der Waals surface area contributed by atoms with Crippen LogP contribution in [0, 0.1) is 0 Å². The lowest BCUT2D eigenvalue weighted by Crippen LogP contribution is -2.14. The number of nitrogens with one attached hydrogen (secondary N) is 1. The normalized spacial score (nSPS) is 11.9. The highest BCUT2D eigenvalue weighted by molar-refractivity contribution is 5.60. The molecule has 19 heavy (non-hydrogen) atoms. The van der Waals surface area contributed by atoms with Crippen molar-refractivity contribution in [1.29, 1.82) is 0 Å². The Balaban J connectivity index is 2.21. The number of hydrogen-bond donors (Lipinski definition) is 3. The average Bonchev–Trinajstić information content (AvgIpc) is 2.45. The van der Waals surface area contributed by atoms with E-state index in [1.54, 1.807) is 13.2 Å². The van der Waals surface area contributed by atoms with Gasteiger partial charge in [0.15, 0.2) is 0 Å². The van der Waals surface area contributed by atoms with Crippen molar-refractivity contribution in [2.24, 2.45) is 0 Å². The van der Waals surface area contributed by atoms with Gasteiger partial charge in [-0.25, -0.2) is 0 Å². The zero-order chi connectivity index (χ0) is 13.7. The van der Waals surface area contributed by atoms with Crippen LogP contribution in [0.3, 0.4) is 0 Å². The Labute approximate surface area is 112 Å². The maximum absolute atomic E-state index is 9.51. The molecule has 0 aromatic heterocycles. The van der Waals surface area contributed by atoms with E-state index in [1.165, 1.54) is 0 Å². The second kappa shape index (κ2) is 6.11. The molecule has 4 heteroatoms. The van der Waals surface area contributed by atoms with E-state index < -0.39 is 0 Å². The van der Waals surface area contributed by atoms with Gasteiger partial charge in [-0.05, 0) is 11.6 Å². The van der Waals surface area contributed by atoms with E-state index in [-0.39, 0.29) is 12.6 Å². The number of rotatable bonds is 5. The van der Waals surface area contributed by atoms with Crippen molar-refractivity contribution >= 4 is 11.4 Å². The monoisotopic (exact) mass is 258 g/mol. The van der Waals surface area contributed by atoms with Gasteiger partial charge in [0.05, 0.1) is 19.8 Å². The van der Waals surface area contributed by atoms with Crippen LogP contribution in [0.1, 0.15) is 11.6 Å². The van der Waals surface area contributed by atoms with Crippen molar-refractivity contribution in [3.8, 4) is 5.75 Å². The van der Waals surface area contributed by atoms with Gasteiger partial charge in [-0.3, -0.25) is 0 Å². The second-order valence-corrected chi connectivity index (χ2v) is 4.29. The molecule has 2 aromatic carbocycles. The van der Waals surface area contributed by atoms with Crippen molar-refractivity contribution in [1.82, 2.24) is 0 Å². The number of nitrogen functional groups attached to an aromatic ring is 1. The lowest BCUT2D eigenvalue weighted by Gasteiger charge is -2.19.